The molecule has 3 heterocycles. The third-order valence-corrected chi connectivity index (χ3v) is 5.01. The van der Waals surface area contributed by atoms with Crippen LogP contribution >= 0.6 is 0 Å². The Morgan fingerprint density at radius 1 is 1.14 bits per heavy atom. The second-order valence-corrected chi connectivity index (χ2v) is 6.19. The van der Waals surface area contributed by atoms with E-state index in [0.717, 1.165) is 64.5 Å². The third kappa shape index (κ3) is 2.97. The maximum Gasteiger partial charge on any atom is 0.320 e. The van der Waals surface area contributed by atoms with Gasteiger partial charge in [-0.1, -0.05) is 0 Å². The fraction of sp³-hybridized carbons (Fsp3) is 0.750. The van der Waals surface area contributed by atoms with E-state index < -0.39 is 0 Å². The maximum atomic E-state index is 12.3. The summed E-state index contributed by atoms with van der Waals surface area (Å²) in [5, 5.41) is 0. The molecule has 0 unspecified atom stereocenters. The number of piperidine rings is 1. The smallest absolute Gasteiger partial charge is 0.320 e. The Labute approximate surface area is 132 Å². The summed E-state index contributed by atoms with van der Waals surface area (Å²) in [6.07, 6.45) is 6.09. The second-order valence-electron chi connectivity index (χ2n) is 6.19. The Kier molecular flexibility index (Phi) is 4.66. The molecule has 0 N–H and O–H groups in total. The highest BCUT2D eigenvalue weighted by Crippen LogP contribution is 2.22. The number of nitrogens with zero attached hydrogens (tertiary/aromatic N) is 5. The molecule has 0 aromatic carbocycles. The SMILES string of the molecule is CCN1CCN(C2CCN(Cc3nccn3CC)CC2)C1=O. The highest BCUT2D eigenvalue weighted by atomic mass is 16.2. The van der Waals surface area contributed by atoms with Gasteiger partial charge in [-0.05, 0) is 26.7 Å². The monoisotopic (exact) mass is 305 g/mol. The first kappa shape index (κ1) is 15.3. The van der Waals surface area contributed by atoms with Crippen LogP contribution < -0.4 is 0 Å². The van der Waals surface area contributed by atoms with Crippen LogP contribution in [0.4, 0.5) is 4.79 Å². The van der Waals surface area contributed by atoms with Crippen molar-refractivity contribution in [3.63, 3.8) is 0 Å². The summed E-state index contributed by atoms with van der Waals surface area (Å²) < 4.78 is 2.20. The highest BCUT2D eigenvalue weighted by molar-refractivity contribution is 5.76. The van der Waals surface area contributed by atoms with Gasteiger partial charge in [0.25, 0.3) is 0 Å². The number of likely N-dealkylation sites (tertiary alicyclic amines) is 1. The Morgan fingerprint density at radius 3 is 2.55 bits per heavy atom. The number of carbonyl (C=O) groups is 1. The minimum Gasteiger partial charge on any atom is -0.334 e. The van der Waals surface area contributed by atoms with Gasteiger partial charge in [0.15, 0.2) is 0 Å². The van der Waals surface area contributed by atoms with Gasteiger partial charge in [0, 0.05) is 57.7 Å². The molecule has 0 aliphatic carbocycles. The van der Waals surface area contributed by atoms with Crippen molar-refractivity contribution in [2.45, 2.75) is 45.8 Å². The van der Waals surface area contributed by atoms with Crippen LogP contribution in [0.15, 0.2) is 12.4 Å². The molecule has 0 atom stereocenters. The van der Waals surface area contributed by atoms with Crippen LogP contribution in [0.3, 0.4) is 0 Å². The largest absolute Gasteiger partial charge is 0.334 e. The van der Waals surface area contributed by atoms with Gasteiger partial charge in [0.05, 0.1) is 6.54 Å². The number of rotatable bonds is 5. The zero-order valence-corrected chi connectivity index (χ0v) is 13.7. The van der Waals surface area contributed by atoms with Gasteiger partial charge in [-0.2, -0.15) is 0 Å². The number of imidazole rings is 1. The molecule has 6 heteroatoms. The van der Waals surface area contributed by atoms with Crippen molar-refractivity contribution in [3.8, 4) is 0 Å². The standard InChI is InChI=1S/C16H27N5O/c1-3-19-10-7-17-15(19)13-18-8-5-14(6-9-18)21-12-11-20(4-2)16(21)22/h7,10,14H,3-6,8-9,11-13H2,1-2H3. The van der Waals surface area contributed by atoms with Gasteiger partial charge in [-0.15, -0.1) is 0 Å². The number of aryl methyl sites for hydroxylation is 1. The lowest BCUT2D eigenvalue weighted by molar-refractivity contribution is 0.124. The number of likely N-dealkylation sites (N-methyl/N-ethyl adjacent to an activating group) is 1. The first-order valence-electron chi connectivity index (χ1n) is 8.50. The number of amides is 2. The minimum absolute atomic E-state index is 0.238. The number of urea groups is 1. The molecule has 3 rings (SSSR count). The third-order valence-electron chi connectivity index (χ3n) is 5.01. The van der Waals surface area contributed by atoms with Gasteiger partial charge in [0.2, 0.25) is 0 Å². The van der Waals surface area contributed by atoms with E-state index in [1.165, 1.54) is 0 Å². The van der Waals surface area contributed by atoms with Gasteiger partial charge < -0.3 is 14.4 Å². The van der Waals surface area contributed by atoms with E-state index in [1.807, 2.05) is 17.3 Å². The van der Waals surface area contributed by atoms with E-state index in [0.29, 0.717) is 6.04 Å². The van der Waals surface area contributed by atoms with Crippen molar-refractivity contribution in [2.75, 3.05) is 32.7 Å². The molecule has 2 saturated heterocycles. The van der Waals surface area contributed by atoms with Gasteiger partial charge in [0.1, 0.15) is 5.82 Å². The summed E-state index contributed by atoms with van der Waals surface area (Å²) >= 11 is 0. The lowest BCUT2D eigenvalue weighted by Gasteiger charge is -2.36. The summed E-state index contributed by atoms with van der Waals surface area (Å²) in [6, 6.07) is 0.661. The topological polar surface area (TPSA) is 44.6 Å². The van der Waals surface area contributed by atoms with Gasteiger partial charge in [-0.25, -0.2) is 9.78 Å². The van der Waals surface area contributed by atoms with E-state index in [4.69, 9.17) is 0 Å². The van der Waals surface area contributed by atoms with Crippen LogP contribution in [-0.2, 0) is 13.1 Å². The quantitative estimate of drug-likeness (QED) is 0.830. The summed E-state index contributed by atoms with van der Waals surface area (Å²) in [5.41, 5.74) is 0. The van der Waals surface area contributed by atoms with Gasteiger partial charge >= 0.3 is 6.03 Å². The molecule has 2 aliphatic heterocycles. The molecule has 2 aliphatic rings. The van der Waals surface area contributed by atoms with Crippen molar-refractivity contribution in [3.05, 3.63) is 18.2 Å². The summed E-state index contributed by atoms with van der Waals surface area (Å²) in [5.74, 6) is 1.15. The summed E-state index contributed by atoms with van der Waals surface area (Å²) in [4.78, 5) is 23.2. The van der Waals surface area contributed by atoms with E-state index in [-0.39, 0.29) is 6.03 Å². The lowest BCUT2D eigenvalue weighted by atomic mass is 10.0. The molecular formula is C16H27N5O. The van der Waals surface area contributed by atoms with Crippen LogP contribution in [0.1, 0.15) is 32.5 Å². The Balaban J connectivity index is 1.52. The van der Waals surface area contributed by atoms with E-state index in [9.17, 15) is 4.79 Å². The highest BCUT2D eigenvalue weighted by Gasteiger charge is 2.34. The van der Waals surface area contributed by atoms with E-state index >= 15 is 0 Å². The van der Waals surface area contributed by atoms with Crippen LogP contribution in [0.2, 0.25) is 0 Å². The fourth-order valence-corrected chi connectivity index (χ4v) is 3.60. The van der Waals surface area contributed by atoms with Crippen LogP contribution in [0.25, 0.3) is 0 Å². The fourth-order valence-electron chi connectivity index (χ4n) is 3.60. The van der Waals surface area contributed by atoms with Crippen molar-refractivity contribution in [2.24, 2.45) is 0 Å². The molecule has 2 amide bonds. The molecule has 0 spiro atoms. The van der Waals surface area contributed by atoms with Crippen molar-refractivity contribution >= 4 is 6.03 Å². The molecular weight excluding hydrogens is 278 g/mol. The van der Waals surface area contributed by atoms with Crippen LogP contribution in [0, 0.1) is 0 Å². The summed E-state index contributed by atoms with van der Waals surface area (Å²) in [6.45, 7) is 10.8. The maximum absolute atomic E-state index is 12.3. The van der Waals surface area contributed by atoms with Crippen LogP contribution in [0.5, 0.6) is 0 Å². The molecule has 122 valence electrons. The Hall–Kier alpha value is -1.56. The molecule has 2 fully saturated rings. The van der Waals surface area contributed by atoms with Crippen molar-refractivity contribution < 1.29 is 4.79 Å². The predicted molar refractivity (Wildman–Crippen MR) is 85.5 cm³/mol. The zero-order valence-electron chi connectivity index (χ0n) is 13.7. The Bertz CT molecular complexity index is 506. The van der Waals surface area contributed by atoms with E-state index in [2.05, 4.69) is 33.2 Å². The number of hydrogen-bond acceptors (Lipinski definition) is 3. The Morgan fingerprint density at radius 2 is 1.91 bits per heavy atom. The summed E-state index contributed by atoms with van der Waals surface area (Å²) in [7, 11) is 0. The average molecular weight is 305 g/mol. The number of carbonyl (C=O) groups excluding carboxylic acids is 1. The predicted octanol–water partition coefficient (Wildman–Crippen LogP) is 1.62. The molecule has 1 aromatic heterocycles. The molecule has 0 radical (unpaired) electrons. The normalized spacial score (nSPS) is 21.1. The molecule has 0 bridgehead atoms. The van der Waals surface area contributed by atoms with Crippen LogP contribution in [-0.4, -0.2) is 69.0 Å². The molecule has 1 aromatic rings. The number of hydrogen-bond donors (Lipinski definition) is 0. The first-order chi connectivity index (χ1) is 10.7. The van der Waals surface area contributed by atoms with Crippen molar-refractivity contribution in [1.82, 2.24) is 24.3 Å². The van der Waals surface area contributed by atoms with Gasteiger partial charge in [-0.3, -0.25) is 4.90 Å². The molecule has 22 heavy (non-hydrogen) atoms. The zero-order chi connectivity index (χ0) is 15.5. The number of aromatic nitrogens is 2. The minimum atomic E-state index is 0.238. The lowest BCUT2D eigenvalue weighted by Crippen LogP contribution is -2.46. The molecule has 6 nitrogen and oxygen atoms in total. The second kappa shape index (κ2) is 6.69. The first-order valence-corrected chi connectivity index (χ1v) is 8.50. The van der Waals surface area contributed by atoms with E-state index in [1.54, 1.807) is 0 Å². The molecule has 0 saturated carbocycles. The average Bonchev–Trinajstić information content (AvgIpc) is 3.14. The van der Waals surface area contributed by atoms with Crippen molar-refractivity contribution in [1.29, 1.82) is 0 Å².